The summed E-state index contributed by atoms with van der Waals surface area (Å²) < 4.78 is 53.1. The Morgan fingerprint density at radius 3 is 2.44 bits per heavy atom. The van der Waals surface area contributed by atoms with Gasteiger partial charge in [0.05, 0.1) is 16.5 Å². The van der Waals surface area contributed by atoms with Crippen LogP contribution in [0.2, 0.25) is 0 Å². The lowest BCUT2D eigenvalue weighted by Crippen LogP contribution is -2.39. The number of piperidine rings is 1. The number of thiocarbonyl (C=S) groups is 1. The van der Waals surface area contributed by atoms with E-state index < -0.39 is 24.2 Å². The van der Waals surface area contributed by atoms with Gasteiger partial charge in [-0.25, -0.2) is 22.5 Å². The van der Waals surface area contributed by atoms with Gasteiger partial charge in [0.2, 0.25) is 0 Å². The largest absolute Gasteiger partial charge is 0.365 e. The molecule has 0 amide bonds. The Balaban J connectivity index is 1.30. The summed E-state index contributed by atoms with van der Waals surface area (Å²) in [7, 11) is 0. The number of hydrogen-bond acceptors (Lipinski definition) is 5. The number of Topliss-reactive ketones (excluding diaryl/α,β-unsaturated/α-hetero) is 1. The molecule has 0 unspecified atom stereocenters. The number of alkyl halides is 4. The highest BCUT2D eigenvalue weighted by Crippen LogP contribution is 2.33. The van der Waals surface area contributed by atoms with E-state index in [9.17, 15) is 22.4 Å². The molecule has 0 atom stereocenters. The molecule has 3 heterocycles. The zero-order chi connectivity index (χ0) is 24.2. The van der Waals surface area contributed by atoms with Crippen molar-refractivity contribution in [2.24, 2.45) is 5.92 Å². The molecule has 0 bridgehead atoms. The van der Waals surface area contributed by atoms with Crippen LogP contribution in [0.5, 0.6) is 0 Å². The molecule has 34 heavy (non-hydrogen) atoms. The van der Waals surface area contributed by atoms with Crippen molar-refractivity contribution in [3.63, 3.8) is 0 Å². The van der Waals surface area contributed by atoms with E-state index in [1.54, 1.807) is 0 Å². The van der Waals surface area contributed by atoms with E-state index in [-0.39, 0.29) is 18.2 Å². The zero-order valence-electron chi connectivity index (χ0n) is 18.8. The highest BCUT2D eigenvalue weighted by Gasteiger charge is 2.27. The predicted molar refractivity (Wildman–Crippen MR) is 126 cm³/mol. The summed E-state index contributed by atoms with van der Waals surface area (Å²) in [6.07, 6.45) is 2.23. The number of carbonyl (C=O) groups is 1. The summed E-state index contributed by atoms with van der Waals surface area (Å²) in [5.41, 5.74) is -0.660. The Hall–Kier alpha value is -1.88. The molecular formula is C23H28F4N4OS2. The summed E-state index contributed by atoms with van der Waals surface area (Å²) in [6.45, 7) is 1.09. The minimum Gasteiger partial charge on any atom is -0.365 e. The number of likely N-dealkylation sites (tertiary alicyclic amines) is 1. The van der Waals surface area contributed by atoms with Crippen molar-refractivity contribution in [3.05, 3.63) is 33.5 Å². The number of aromatic nitrogens is 3. The van der Waals surface area contributed by atoms with Crippen LogP contribution in [-0.2, 0) is 6.54 Å². The van der Waals surface area contributed by atoms with Gasteiger partial charge in [0.25, 0.3) is 12.9 Å². The molecule has 0 radical (unpaired) electrons. The fourth-order valence-corrected chi connectivity index (χ4v) is 6.13. The lowest BCUT2D eigenvalue weighted by atomic mass is 9.85. The number of halogens is 4. The van der Waals surface area contributed by atoms with Crippen molar-refractivity contribution in [3.8, 4) is 0 Å². The second-order valence-electron chi connectivity index (χ2n) is 9.11. The van der Waals surface area contributed by atoms with Gasteiger partial charge in [-0.3, -0.25) is 9.48 Å². The average molecular weight is 517 g/mol. The number of nitrogens with zero attached hydrogens (tertiary/aromatic N) is 4. The highest BCUT2D eigenvalue weighted by atomic mass is 32.1. The molecule has 1 aliphatic carbocycles. The summed E-state index contributed by atoms with van der Waals surface area (Å²) in [5, 5.41) is 6.43. The first-order valence-corrected chi connectivity index (χ1v) is 13.0. The van der Waals surface area contributed by atoms with Gasteiger partial charge in [-0.05, 0) is 24.8 Å². The highest BCUT2D eigenvalue weighted by molar-refractivity contribution is 7.80. The van der Waals surface area contributed by atoms with E-state index in [1.165, 1.54) is 30.6 Å². The monoisotopic (exact) mass is 516 g/mol. The number of hydrogen-bond donors (Lipinski definition) is 0. The maximum absolute atomic E-state index is 13.2. The molecule has 2 aliphatic rings. The van der Waals surface area contributed by atoms with E-state index in [4.69, 9.17) is 12.2 Å². The molecule has 186 valence electrons. The zero-order valence-corrected chi connectivity index (χ0v) is 20.4. The Morgan fingerprint density at radius 1 is 1.09 bits per heavy atom. The molecule has 11 heteroatoms. The Bertz CT molecular complexity index is 995. The van der Waals surface area contributed by atoms with Crippen molar-refractivity contribution in [1.82, 2.24) is 19.7 Å². The van der Waals surface area contributed by atoms with Crippen molar-refractivity contribution >= 4 is 34.3 Å². The van der Waals surface area contributed by atoms with Gasteiger partial charge in [0, 0.05) is 30.8 Å². The Morgan fingerprint density at radius 2 is 1.79 bits per heavy atom. The predicted octanol–water partition coefficient (Wildman–Crippen LogP) is 6.57. The summed E-state index contributed by atoms with van der Waals surface area (Å²) >= 11 is 6.94. The first-order valence-electron chi connectivity index (χ1n) is 11.7. The van der Waals surface area contributed by atoms with Crippen molar-refractivity contribution in [1.29, 1.82) is 0 Å². The molecule has 0 spiro atoms. The van der Waals surface area contributed by atoms with Crippen LogP contribution in [0.1, 0.15) is 97.0 Å². The molecule has 0 N–H and O–H groups in total. The molecule has 2 fully saturated rings. The number of rotatable bonds is 8. The molecule has 2 aromatic heterocycles. The average Bonchev–Trinajstić information content (AvgIpc) is 3.48. The quantitative estimate of drug-likeness (QED) is 0.226. The Labute approximate surface area is 205 Å². The van der Waals surface area contributed by atoms with Crippen LogP contribution in [0.15, 0.2) is 11.4 Å². The number of thiazole rings is 1. The topological polar surface area (TPSA) is 51.0 Å². The van der Waals surface area contributed by atoms with Gasteiger partial charge in [0.1, 0.15) is 17.1 Å². The second kappa shape index (κ2) is 11.2. The standard InChI is InChI=1S/C23H28F4N4OS2/c24-21(25)16-11-18(22(26)27)31(29-16)12-20(33)30-8-6-15(7-9-30)23-28-17(13-34-23)19(32)10-14-4-2-1-3-5-14/h11,13-15,21-22H,1-10,12H2. The lowest BCUT2D eigenvalue weighted by Gasteiger charge is -2.33. The smallest absolute Gasteiger partial charge is 0.282 e. The van der Waals surface area contributed by atoms with Gasteiger partial charge in [-0.1, -0.05) is 44.3 Å². The van der Waals surface area contributed by atoms with Gasteiger partial charge in [-0.2, -0.15) is 5.10 Å². The number of carbonyl (C=O) groups excluding carboxylic acids is 1. The molecule has 1 aliphatic heterocycles. The van der Waals surface area contributed by atoms with E-state index >= 15 is 0 Å². The van der Waals surface area contributed by atoms with Gasteiger partial charge in [0.15, 0.2) is 5.78 Å². The normalized spacial score (nSPS) is 18.2. The molecule has 1 saturated carbocycles. The summed E-state index contributed by atoms with van der Waals surface area (Å²) in [5.74, 6) is 0.824. The second-order valence-corrected chi connectivity index (χ2v) is 10.5. The summed E-state index contributed by atoms with van der Waals surface area (Å²) in [4.78, 5) is 19.6. The molecular weight excluding hydrogens is 488 g/mol. The first-order chi connectivity index (χ1) is 16.3. The SMILES string of the molecule is O=C(CC1CCCCC1)c1csc(C2CCN(C(=S)Cn3nc(C(F)F)cc3C(F)F)CC2)n1. The number of ketones is 1. The van der Waals surface area contributed by atoms with Gasteiger partial charge in [-0.15, -0.1) is 11.3 Å². The van der Waals surface area contributed by atoms with Crippen molar-refractivity contribution in [2.75, 3.05) is 13.1 Å². The third-order valence-corrected chi connectivity index (χ3v) is 8.16. The van der Waals surface area contributed by atoms with Crippen LogP contribution >= 0.6 is 23.6 Å². The van der Waals surface area contributed by atoms with Crippen molar-refractivity contribution < 1.29 is 22.4 Å². The summed E-state index contributed by atoms with van der Waals surface area (Å²) in [6, 6.07) is 0.736. The van der Waals surface area contributed by atoms with Crippen LogP contribution in [0.4, 0.5) is 17.6 Å². The maximum atomic E-state index is 13.2. The van der Waals surface area contributed by atoms with Crippen LogP contribution in [0.25, 0.3) is 0 Å². The molecule has 0 aromatic carbocycles. The van der Waals surface area contributed by atoms with Gasteiger partial charge < -0.3 is 4.90 Å². The first kappa shape index (κ1) is 25.2. The minimum atomic E-state index is -2.92. The van der Waals surface area contributed by atoms with Gasteiger partial charge >= 0.3 is 0 Å². The molecule has 2 aromatic rings. The minimum absolute atomic E-state index is 0.130. The van der Waals surface area contributed by atoms with Crippen LogP contribution in [0.3, 0.4) is 0 Å². The fraction of sp³-hybridized carbons (Fsp3) is 0.652. The fourth-order valence-electron chi connectivity index (χ4n) is 4.83. The van der Waals surface area contributed by atoms with E-state index in [0.29, 0.717) is 36.1 Å². The van der Waals surface area contributed by atoms with Crippen molar-refractivity contribution in [2.45, 2.75) is 76.7 Å². The van der Waals surface area contributed by atoms with Crippen LogP contribution in [0, 0.1) is 5.92 Å². The Kier molecular flexibility index (Phi) is 8.34. The molecule has 1 saturated heterocycles. The lowest BCUT2D eigenvalue weighted by molar-refractivity contribution is 0.0945. The molecule has 5 nitrogen and oxygen atoms in total. The third kappa shape index (κ3) is 6.02. The maximum Gasteiger partial charge on any atom is 0.282 e. The third-order valence-electron chi connectivity index (χ3n) is 6.77. The van der Waals surface area contributed by atoms with Crippen LogP contribution in [-0.4, -0.2) is 43.5 Å². The van der Waals surface area contributed by atoms with E-state index in [0.717, 1.165) is 41.4 Å². The molecule has 4 rings (SSSR count). The van der Waals surface area contributed by atoms with E-state index in [2.05, 4.69) is 10.1 Å². The van der Waals surface area contributed by atoms with Crippen LogP contribution < -0.4 is 0 Å². The van der Waals surface area contributed by atoms with E-state index in [1.807, 2.05) is 10.3 Å².